The molecule has 2 aliphatic rings. The smallest absolute Gasteiger partial charge is 0.255 e. The monoisotopic (exact) mass is 367 g/mol. The van der Waals surface area contributed by atoms with Crippen LogP contribution in [-0.4, -0.2) is 32.3 Å². The van der Waals surface area contributed by atoms with Gasteiger partial charge in [0.2, 0.25) is 0 Å². The lowest BCUT2D eigenvalue weighted by Crippen LogP contribution is -2.33. The van der Waals surface area contributed by atoms with E-state index in [0.29, 0.717) is 41.9 Å². The molecule has 1 amide bonds. The van der Waals surface area contributed by atoms with Crippen molar-refractivity contribution in [3.05, 3.63) is 53.6 Å². The zero-order chi connectivity index (χ0) is 18.6. The lowest BCUT2D eigenvalue weighted by Gasteiger charge is -2.26. The lowest BCUT2D eigenvalue weighted by molar-refractivity contribution is 0.0272. The largest absolute Gasteiger partial charge is 0.486 e. The van der Waals surface area contributed by atoms with E-state index in [-0.39, 0.29) is 12.0 Å². The minimum absolute atomic E-state index is 0.110. The molecule has 27 heavy (non-hydrogen) atoms. The van der Waals surface area contributed by atoms with Gasteiger partial charge in [-0.05, 0) is 48.6 Å². The molecule has 1 N–H and O–H groups in total. The third-order valence-corrected chi connectivity index (χ3v) is 5.27. The molecule has 2 aromatic carbocycles. The zero-order valence-electron chi connectivity index (χ0n) is 15.6. The highest BCUT2D eigenvalue weighted by Gasteiger charge is 2.22. The summed E-state index contributed by atoms with van der Waals surface area (Å²) >= 11 is 0. The van der Waals surface area contributed by atoms with Crippen molar-refractivity contribution in [3.63, 3.8) is 0 Å². The normalized spacial score (nSPS) is 19.1. The van der Waals surface area contributed by atoms with Crippen molar-refractivity contribution < 1.29 is 19.0 Å². The quantitative estimate of drug-likeness (QED) is 0.852. The molecule has 142 valence electrons. The topological polar surface area (TPSA) is 56.8 Å². The third-order valence-electron chi connectivity index (χ3n) is 5.27. The Bertz CT molecular complexity index is 796. The Balaban J connectivity index is 1.41. The maximum Gasteiger partial charge on any atom is 0.255 e. The van der Waals surface area contributed by atoms with Crippen LogP contribution in [0.2, 0.25) is 0 Å². The number of benzene rings is 2. The molecule has 1 aliphatic carbocycles. The number of hydrogen-bond donors (Lipinski definition) is 1. The van der Waals surface area contributed by atoms with Gasteiger partial charge in [0.05, 0.1) is 6.61 Å². The summed E-state index contributed by atoms with van der Waals surface area (Å²) in [5, 5.41) is 2.93. The first kappa shape index (κ1) is 17.9. The van der Waals surface area contributed by atoms with Crippen LogP contribution in [0.15, 0.2) is 42.5 Å². The second kappa shape index (κ2) is 8.01. The SMILES string of the molecule is COCC1COc2cc(NC(=O)c3ccc(C4CCCC4)cc3)ccc2O1. The highest BCUT2D eigenvalue weighted by atomic mass is 16.6. The van der Waals surface area contributed by atoms with E-state index in [4.69, 9.17) is 14.2 Å². The minimum atomic E-state index is -0.123. The molecule has 0 spiro atoms. The molecule has 1 aliphatic heterocycles. The predicted octanol–water partition coefficient (Wildman–Crippen LogP) is 4.38. The fraction of sp³-hybridized carbons (Fsp3) is 0.409. The number of amides is 1. The minimum Gasteiger partial charge on any atom is -0.486 e. The van der Waals surface area contributed by atoms with Crippen molar-refractivity contribution in [3.8, 4) is 11.5 Å². The molecule has 5 heteroatoms. The van der Waals surface area contributed by atoms with Crippen LogP contribution >= 0.6 is 0 Å². The Labute approximate surface area is 159 Å². The van der Waals surface area contributed by atoms with Crippen LogP contribution in [0.5, 0.6) is 11.5 Å². The first-order chi connectivity index (χ1) is 13.2. The van der Waals surface area contributed by atoms with Crippen molar-refractivity contribution in [2.75, 3.05) is 25.6 Å². The van der Waals surface area contributed by atoms with Gasteiger partial charge < -0.3 is 19.5 Å². The lowest BCUT2D eigenvalue weighted by atomic mass is 9.96. The van der Waals surface area contributed by atoms with Crippen LogP contribution in [0.25, 0.3) is 0 Å². The molecule has 0 bridgehead atoms. The van der Waals surface area contributed by atoms with Crippen LogP contribution in [-0.2, 0) is 4.74 Å². The molecule has 5 nitrogen and oxygen atoms in total. The Morgan fingerprint density at radius 2 is 1.89 bits per heavy atom. The molecule has 1 fully saturated rings. The van der Waals surface area contributed by atoms with Gasteiger partial charge in [-0.15, -0.1) is 0 Å². The fourth-order valence-corrected chi connectivity index (χ4v) is 3.83. The number of hydrogen-bond acceptors (Lipinski definition) is 4. The van der Waals surface area contributed by atoms with Crippen LogP contribution in [0.1, 0.15) is 47.5 Å². The van der Waals surface area contributed by atoms with E-state index in [1.54, 1.807) is 13.2 Å². The maximum absolute atomic E-state index is 12.6. The van der Waals surface area contributed by atoms with Crippen molar-refractivity contribution in [2.24, 2.45) is 0 Å². The van der Waals surface area contributed by atoms with Crippen molar-refractivity contribution in [1.29, 1.82) is 0 Å². The molecule has 2 aromatic rings. The van der Waals surface area contributed by atoms with Gasteiger partial charge in [0, 0.05) is 24.4 Å². The van der Waals surface area contributed by atoms with Gasteiger partial charge in [-0.1, -0.05) is 25.0 Å². The van der Waals surface area contributed by atoms with Crippen LogP contribution in [0.4, 0.5) is 5.69 Å². The molecule has 1 saturated carbocycles. The van der Waals surface area contributed by atoms with E-state index in [9.17, 15) is 4.79 Å². The van der Waals surface area contributed by atoms with E-state index >= 15 is 0 Å². The van der Waals surface area contributed by atoms with E-state index in [1.165, 1.54) is 31.2 Å². The van der Waals surface area contributed by atoms with E-state index in [2.05, 4.69) is 17.4 Å². The summed E-state index contributed by atoms with van der Waals surface area (Å²) in [6, 6.07) is 13.4. The highest BCUT2D eigenvalue weighted by molar-refractivity contribution is 6.04. The van der Waals surface area contributed by atoms with Gasteiger partial charge in [0.25, 0.3) is 5.91 Å². The molecule has 1 heterocycles. The second-order valence-electron chi connectivity index (χ2n) is 7.23. The van der Waals surface area contributed by atoms with E-state index in [0.717, 1.165) is 0 Å². The fourth-order valence-electron chi connectivity index (χ4n) is 3.83. The molecular formula is C22H25NO4. The van der Waals surface area contributed by atoms with Gasteiger partial charge in [0.15, 0.2) is 17.6 Å². The number of anilines is 1. The van der Waals surface area contributed by atoms with E-state index in [1.807, 2.05) is 24.3 Å². The number of rotatable bonds is 5. The average molecular weight is 367 g/mol. The summed E-state index contributed by atoms with van der Waals surface area (Å²) in [4.78, 5) is 12.6. The summed E-state index contributed by atoms with van der Waals surface area (Å²) in [6.07, 6.45) is 5.02. The summed E-state index contributed by atoms with van der Waals surface area (Å²) in [6.45, 7) is 0.912. The summed E-state index contributed by atoms with van der Waals surface area (Å²) in [7, 11) is 1.64. The molecule has 1 unspecified atom stereocenters. The maximum atomic E-state index is 12.6. The van der Waals surface area contributed by atoms with Crippen molar-refractivity contribution in [1.82, 2.24) is 0 Å². The summed E-state index contributed by atoms with van der Waals surface area (Å²) < 4.78 is 16.6. The second-order valence-corrected chi connectivity index (χ2v) is 7.23. The molecule has 0 saturated heterocycles. The molecular weight excluding hydrogens is 342 g/mol. The van der Waals surface area contributed by atoms with Gasteiger partial charge in [-0.25, -0.2) is 0 Å². The predicted molar refractivity (Wildman–Crippen MR) is 104 cm³/mol. The first-order valence-electron chi connectivity index (χ1n) is 9.56. The highest BCUT2D eigenvalue weighted by Crippen LogP contribution is 2.35. The number of methoxy groups -OCH3 is 1. The average Bonchev–Trinajstić information content (AvgIpc) is 3.23. The van der Waals surface area contributed by atoms with Gasteiger partial charge >= 0.3 is 0 Å². The summed E-state index contributed by atoms with van der Waals surface area (Å²) in [5.74, 6) is 1.84. The summed E-state index contributed by atoms with van der Waals surface area (Å²) in [5.41, 5.74) is 2.69. The number of carbonyl (C=O) groups excluding carboxylic acids is 1. The standard InChI is InChI=1S/C22H25NO4/c1-25-13-19-14-26-21-12-18(10-11-20(21)27-19)23-22(24)17-8-6-16(7-9-17)15-4-2-3-5-15/h6-12,15,19H,2-5,13-14H2,1H3,(H,23,24). The Morgan fingerprint density at radius 3 is 2.63 bits per heavy atom. The molecule has 1 atom stereocenters. The Morgan fingerprint density at radius 1 is 1.11 bits per heavy atom. The van der Waals surface area contributed by atoms with Crippen LogP contribution < -0.4 is 14.8 Å². The molecule has 0 radical (unpaired) electrons. The Hall–Kier alpha value is -2.53. The molecule has 0 aromatic heterocycles. The number of ether oxygens (including phenoxy) is 3. The van der Waals surface area contributed by atoms with Gasteiger partial charge in [-0.2, -0.15) is 0 Å². The number of nitrogens with one attached hydrogen (secondary N) is 1. The van der Waals surface area contributed by atoms with Crippen LogP contribution in [0, 0.1) is 0 Å². The van der Waals surface area contributed by atoms with Crippen LogP contribution in [0.3, 0.4) is 0 Å². The number of carbonyl (C=O) groups is 1. The Kier molecular flexibility index (Phi) is 5.30. The molecule has 4 rings (SSSR count). The van der Waals surface area contributed by atoms with Crippen molar-refractivity contribution in [2.45, 2.75) is 37.7 Å². The van der Waals surface area contributed by atoms with E-state index < -0.39 is 0 Å². The third kappa shape index (κ3) is 4.08. The van der Waals surface area contributed by atoms with Gasteiger partial charge in [-0.3, -0.25) is 4.79 Å². The zero-order valence-corrected chi connectivity index (χ0v) is 15.6. The number of fused-ring (bicyclic) bond motifs is 1. The van der Waals surface area contributed by atoms with Gasteiger partial charge in [0.1, 0.15) is 6.61 Å². The van der Waals surface area contributed by atoms with Crippen molar-refractivity contribution >= 4 is 11.6 Å². The first-order valence-corrected chi connectivity index (χ1v) is 9.56.